The number of hydrogen-bond acceptors (Lipinski definition) is 3. The molecule has 4 nitrogen and oxygen atoms in total. The lowest BCUT2D eigenvalue weighted by Gasteiger charge is -2.08. The third-order valence-corrected chi connectivity index (χ3v) is 4.88. The molecule has 0 spiro atoms. The number of imidazole rings is 1. The summed E-state index contributed by atoms with van der Waals surface area (Å²) in [4.78, 5) is 4.08. The summed E-state index contributed by atoms with van der Waals surface area (Å²) in [5, 5.41) is 0.521. The molecule has 1 aromatic heterocycles. The van der Waals surface area contributed by atoms with E-state index in [1.54, 1.807) is 0 Å². The van der Waals surface area contributed by atoms with Crippen molar-refractivity contribution in [2.45, 2.75) is 18.2 Å². The number of nitrogens with zero attached hydrogens (tertiary/aromatic N) is 2. The molecule has 0 aliphatic heterocycles. The van der Waals surface area contributed by atoms with Crippen molar-refractivity contribution in [3.05, 3.63) is 46.5 Å². The summed E-state index contributed by atoms with van der Waals surface area (Å²) in [6.45, 7) is 1.84. The van der Waals surface area contributed by atoms with Crippen LogP contribution in [-0.4, -0.2) is 17.4 Å². The van der Waals surface area contributed by atoms with Gasteiger partial charge in [0.15, 0.2) is 0 Å². The van der Waals surface area contributed by atoms with E-state index in [1.807, 2.05) is 6.92 Å². The van der Waals surface area contributed by atoms with Gasteiger partial charge in [-0.1, -0.05) is 30.1 Å². The third-order valence-electron chi connectivity index (χ3n) is 2.44. The summed E-state index contributed by atoms with van der Waals surface area (Å²) in [7, 11) is -3.67. The fourth-order valence-electron chi connectivity index (χ4n) is 1.54. The maximum Gasteiger partial charge on any atom is 0.269 e. The summed E-state index contributed by atoms with van der Waals surface area (Å²) in [6.07, 6.45) is 3.39. The van der Waals surface area contributed by atoms with Crippen molar-refractivity contribution in [1.29, 1.82) is 0 Å². The lowest BCUT2D eigenvalue weighted by molar-refractivity contribution is 0.584. The zero-order valence-electron chi connectivity index (χ0n) is 9.47. The molecule has 18 heavy (non-hydrogen) atoms. The van der Waals surface area contributed by atoms with Gasteiger partial charge < -0.3 is 0 Å². The Morgan fingerprint density at radius 3 is 2.61 bits per heavy atom. The molecule has 0 atom stereocenters. The van der Waals surface area contributed by atoms with E-state index in [-0.39, 0.29) is 9.92 Å². The van der Waals surface area contributed by atoms with Crippen molar-refractivity contribution in [3.63, 3.8) is 0 Å². The molecule has 0 unspecified atom stereocenters. The molecule has 2 aromatic rings. The Morgan fingerprint density at radius 1 is 1.28 bits per heavy atom. The fourth-order valence-corrected chi connectivity index (χ4v) is 3.30. The molecule has 7 heteroatoms. The molecule has 0 saturated carbocycles. The summed E-state index contributed by atoms with van der Waals surface area (Å²) < 4.78 is 25.9. The van der Waals surface area contributed by atoms with Gasteiger partial charge in [0, 0.05) is 18.8 Å². The van der Waals surface area contributed by atoms with E-state index in [0.29, 0.717) is 17.3 Å². The SMILES string of the molecule is CCc1nccn1S(=O)(=O)c1ccc(Cl)c(Cl)c1. The van der Waals surface area contributed by atoms with E-state index in [0.717, 1.165) is 3.97 Å². The minimum Gasteiger partial charge on any atom is -0.241 e. The maximum atomic E-state index is 12.4. The van der Waals surface area contributed by atoms with Gasteiger partial charge in [-0.15, -0.1) is 0 Å². The molecule has 0 aliphatic rings. The Balaban J connectivity index is 2.58. The molecule has 1 heterocycles. The number of hydrogen-bond donors (Lipinski definition) is 0. The van der Waals surface area contributed by atoms with Gasteiger partial charge >= 0.3 is 0 Å². The quantitative estimate of drug-likeness (QED) is 0.876. The molecule has 1 aromatic carbocycles. The predicted octanol–water partition coefficient (Wildman–Crippen LogP) is 2.99. The molecule has 0 radical (unpaired) electrons. The van der Waals surface area contributed by atoms with Crippen LogP contribution in [0.15, 0.2) is 35.5 Å². The first-order valence-electron chi connectivity index (χ1n) is 5.19. The number of halogens is 2. The zero-order valence-corrected chi connectivity index (χ0v) is 11.8. The van der Waals surface area contributed by atoms with E-state index < -0.39 is 10.0 Å². The highest BCUT2D eigenvalue weighted by molar-refractivity contribution is 7.90. The molecule has 0 fully saturated rings. The van der Waals surface area contributed by atoms with Crippen molar-refractivity contribution in [3.8, 4) is 0 Å². The molecule has 0 aliphatic carbocycles. The monoisotopic (exact) mass is 304 g/mol. The topological polar surface area (TPSA) is 52.0 Å². The maximum absolute atomic E-state index is 12.4. The Bertz CT molecular complexity index is 680. The highest BCUT2D eigenvalue weighted by Gasteiger charge is 2.20. The number of benzene rings is 1. The van der Waals surface area contributed by atoms with Crippen LogP contribution in [0.25, 0.3) is 0 Å². The van der Waals surface area contributed by atoms with E-state index >= 15 is 0 Å². The molecule has 0 bridgehead atoms. The summed E-state index contributed by atoms with van der Waals surface area (Å²) in [6, 6.07) is 4.21. The van der Waals surface area contributed by atoms with Crippen LogP contribution >= 0.6 is 23.2 Å². The van der Waals surface area contributed by atoms with Crippen LogP contribution in [0.4, 0.5) is 0 Å². The van der Waals surface area contributed by atoms with Crippen LogP contribution in [-0.2, 0) is 16.4 Å². The minimum absolute atomic E-state index is 0.0876. The highest BCUT2D eigenvalue weighted by Crippen LogP contribution is 2.26. The average Bonchev–Trinajstić information content (AvgIpc) is 2.81. The normalized spacial score (nSPS) is 11.7. The lowest BCUT2D eigenvalue weighted by Crippen LogP contribution is -2.15. The van der Waals surface area contributed by atoms with E-state index in [9.17, 15) is 8.42 Å². The molecule has 2 rings (SSSR count). The highest BCUT2D eigenvalue weighted by atomic mass is 35.5. The van der Waals surface area contributed by atoms with Crippen molar-refractivity contribution in [2.75, 3.05) is 0 Å². The van der Waals surface area contributed by atoms with E-state index in [2.05, 4.69) is 4.98 Å². The Morgan fingerprint density at radius 2 is 2.00 bits per heavy atom. The van der Waals surface area contributed by atoms with Crippen LogP contribution < -0.4 is 0 Å². The van der Waals surface area contributed by atoms with Crippen molar-refractivity contribution < 1.29 is 8.42 Å². The van der Waals surface area contributed by atoms with Crippen LogP contribution in [0.1, 0.15) is 12.7 Å². The predicted molar refractivity (Wildman–Crippen MR) is 70.7 cm³/mol. The second-order valence-electron chi connectivity index (χ2n) is 3.57. The van der Waals surface area contributed by atoms with Crippen molar-refractivity contribution in [2.24, 2.45) is 0 Å². The smallest absolute Gasteiger partial charge is 0.241 e. The molecule has 96 valence electrons. The molecule has 0 amide bonds. The second-order valence-corrected chi connectivity index (χ2v) is 6.20. The van der Waals surface area contributed by atoms with Gasteiger partial charge in [0.05, 0.1) is 14.9 Å². The lowest BCUT2D eigenvalue weighted by atomic mass is 10.4. The van der Waals surface area contributed by atoms with Crippen LogP contribution in [0, 0.1) is 0 Å². The minimum atomic E-state index is -3.67. The van der Waals surface area contributed by atoms with E-state index in [4.69, 9.17) is 23.2 Å². The first-order valence-corrected chi connectivity index (χ1v) is 7.39. The first-order chi connectivity index (χ1) is 8.46. The van der Waals surface area contributed by atoms with Crippen LogP contribution in [0.3, 0.4) is 0 Å². The average molecular weight is 305 g/mol. The van der Waals surface area contributed by atoms with Gasteiger partial charge in [-0.05, 0) is 18.2 Å². The molecular formula is C11H10Cl2N2O2S. The number of rotatable bonds is 3. The van der Waals surface area contributed by atoms with Gasteiger partial charge in [-0.3, -0.25) is 0 Å². The summed E-state index contributed by atoms with van der Waals surface area (Å²) in [5.74, 6) is 0.473. The first kappa shape index (κ1) is 13.4. The fraction of sp³-hybridized carbons (Fsp3) is 0.182. The summed E-state index contributed by atoms with van der Waals surface area (Å²) >= 11 is 11.6. The number of aryl methyl sites for hydroxylation is 1. The Labute approximate surface area is 115 Å². The molecule has 0 saturated heterocycles. The standard InChI is InChI=1S/C11H10Cl2N2O2S/c1-2-11-14-5-6-15(11)18(16,17)8-3-4-9(12)10(13)7-8/h3-7H,2H2,1H3. The van der Waals surface area contributed by atoms with E-state index in [1.165, 1.54) is 30.6 Å². The van der Waals surface area contributed by atoms with Crippen molar-refractivity contribution >= 4 is 33.2 Å². The van der Waals surface area contributed by atoms with Gasteiger partial charge in [0.25, 0.3) is 10.0 Å². The van der Waals surface area contributed by atoms with Gasteiger partial charge in [0.1, 0.15) is 5.82 Å². The third kappa shape index (κ3) is 2.25. The molecular weight excluding hydrogens is 295 g/mol. The number of aromatic nitrogens is 2. The Hall–Kier alpha value is -1.04. The van der Waals surface area contributed by atoms with Gasteiger partial charge in [-0.2, -0.15) is 0 Å². The largest absolute Gasteiger partial charge is 0.269 e. The Kier molecular flexibility index (Phi) is 3.66. The molecule has 0 N–H and O–H groups in total. The van der Waals surface area contributed by atoms with Gasteiger partial charge in [0.2, 0.25) is 0 Å². The summed E-state index contributed by atoms with van der Waals surface area (Å²) in [5.41, 5.74) is 0. The van der Waals surface area contributed by atoms with Crippen molar-refractivity contribution in [1.82, 2.24) is 8.96 Å². The van der Waals surface area contributed by atoms with Crippen LogP contribution in [0.2, 0.25) is 10.0 Å². The van der Waals surface area contributed by atoms with Gasteiger partial charge in [-0.25, -0.2) is 17.4 Å². The second kappa shape index (κ2) is 4.91. The van der Waals surface area contributed by atoms with Crippen LogP contribution in [0.5, 0.6) is 0 Å². The zero-order chi connectivity index (χ0) is 13.3.